The molecular formula is C26H37N. The van der Waals surface area contributed by atoms with Gasteiger partial charge in [-0.25, -0.2) is 0 Å². The molecule has 1 heteroatoms. The first-order valence-electron chi connectivity index (χ1n) is 10.9. The summed E-state index contributed by atoms with van der Waals surface area (Å²) in [4.78, 5) is 0. The Labute approximate surface area is 165 Å². The molecule has 0 saturated heterocycles. The van der Waals surface area contributed by atoms with E-state index < -0.39 is 0 Å². The molecule has 0 atom stereocenters. The van der Waals surface area contributed by atoms with Crippen LogP contribution >= 0.6 is 0 Å². The standard InChI is InChI=1S/C26H37N/c1-8-25(6,9-2)19-13-15-23-21(17-19)22-18-20(26(7,10-3)11-4)14-16-24(22)27(23)12-5/h13-18H,8-12H2,1-7H3. The Balaban J connectivity index is 2.33. The lowest BCUT2D eigenvalue weighted by atomic mass is 9.77. The maximum Gasteiger partial charge on any atom is 0.0491 e. The van der Waals surface area contributed by atoms with Crippen LogP contribution in [0.15, 0.2) is 36.4 Å². The molecule has 0 bridgehead atoms. The highest BCUT2D eigenvalue weighted by Crippen LogP contribution is 2.39. The molecule has 0 N–H and O–H groups in total. The van der Waals surface area contributed by atoms with E-state index in [1.165, 1.54) is 58.6 Å². The van der Waals surface area contributed by atoms with Gasteiger partial charge in [0.15, 0.2) is 0 Å². The van der Waals surface area contributed by atoms with Crippen LogP contribution in [0.1, 0.15) is 85.3 Å². The van der Waals surface area contributed by atoms with E-state index in [0.717, 1.165) is 6.54 Å². The van der Waals surface area contributed by atoms with Crippen LogP contribution in [0.3, 0.4) is 0 Å². The number of hydrogen-bond donors (Lipinski definition) is 0. The number of aromatic nitrogens is 1. The van der Waals surface area contributed by atoms with Crippen molar-refractivity contribution < 1.29 is 0 Å². The van der Waals surface area contributed by atoms with Gasteiger partial charge in [-0.3, -0.25) is 0 Å². The molecule has 1 nitrogen and oxygen atoms in total. The van der Waals surface area contributed by atoms with Gasteiger partial charge in [-0.05, 0) is 78.8 Å². The second kappa shape index (κ2) is 7.34. The van der Waals surface area contributed by atoms with E-state index in [0.29, 0.717) is 0 Å². The minimum absolute atomic E-state index is 0.258. The third-order valence-corrected chi connectivity index (χ3v) is 7.70. The largest absolute Gasteiger partial charge is 0.341 e. The van der Waals surface area contributed by atoms with Gasteiger partial charge in [0, 0.05) is 28.4 Å². The van der Waals surface area contributed by atoms with Gasteiger partial charge in [-0.2, -0.15) is 0 Å². The Kier molecular flexibility index (Phi) is 5.43. The van der Waals surface area contributed by atoms with Crippen molar-refractivity contribution in [2.24, 2.45) is 0 Å². The molecule has 27 heavy (non-hydrogen) atoms. The fraction of sp³-hybridized carbons (Fsp3) is 0.538. The van der Waals surface area contributed by atoms with Crippen molar-refractivity contribution in [2.75, 3.05) is 0 Å². The highest BCUT2D eigenvalue weighted by Gasteiger charge is 2.25. The van der Waals surface area contributed by atoms with E-state index in [1.807, 2.05) is 0 Å². The number of aryl methyl sites for hydroxylation is 1. The highest BCUT2D eigenvalue weighted by molar-refractivity contribution is 6.08. The Morgan fingerprint density at radius 3 is 1.30 bits per heavy atom. The van der Waals surface area contributed by atoms with E-state index in [9.17, 15) is 0 Å². The van der Waals surface area contributed by atoms with Crippen molar-refractivity contribution >= 4 is 21.8 Å². The van der Waals surface area contributed by atoms with Crippen LogP contribution in [-0.4, -0.2) is 4.57 Å². The Hall–Kier alpha value is -1.76. The summed E-state index contributed by atoms with van der Waals surface area (Å²) in [5.41, 5.74) is 6.22. The Morgan fingerprint density at radius 1 is 0.630 bits per heavy atom. The Morgan fingerprint density at radius 2 is 1.00 bits per heavy atom. The van der Waals surface area contributed by atoms with E-state index >= 15 is 0 Å². The molecule has 3 rings (SSSR count). The second-order valence-corrected chi connectivity index (χ2v) is 8.74. The van der Waals surface area contributed by atoms with Crippen molar-refractivity contribution in [3.05, 3.63) is 47.5 Å². The van der Waals surface area contributed by atoms with Gasteiger partial charge in [0.2, 0.25) is 0 Å². The minimum atomic E-state index is 0.258. The van der Waals surface area contributed by atoms with Crippen molar-refractivity contribution in [2.45, 2.75) is 91.5 Å². The Bertz CT molecular complexity index is 860. The lowest BCUT2D eigenvalue weighted by molar-refractivity contribution is 0.439. The monoisotopic (exact) mass is 363 g/mol. The summed E-state index contributed by atoms with van der Waals surface area (Å²) in [6.07, 6.45) is 4.71. The average molecular weight is 364 g/mol. The van der Waals surface area contributed by atoms with Crippen LogP contribution in [0.5, 0.6) is 0 Å². The quantitative estimate of drug-likeness (QED) is 0.401. The van der Waals surface area contributed by atoms with Gasteiger partial charge >= 0.3 is 0 Å². The van der Waals surface area contributed by atoms with Gasteiger partial charge in [0.25, 0.3) is 0 Å². The van der Waals surface area contributed by atoms with Gasteiger partial charge in [0.1, 0.15) is 0 Å². The zero-order chi connectivity index (χ0) is 19.8. The van der Waals surface area contributed by atoms with E-state index in [2.05, 4.69) is 89.4 Å². The van der Waals surface area contributed by atoms with Crippen molar-refractivity contribution in [3.8, 4) is 0 Å². The molecule has 0 aliphatic heterocycles. The molecule has 0 unspecified atom stereocenters. The van der Waals surface area contributed by atoms with E-state index in [-0.39, 0.29) is 10.8 Å². The van der Waals surface area contributed by atoms with Crippen molar-refractivity contribution in [3.63, 3.8) is 0 Å². The third kappa shape index (κ3) is 3.10. The van der Waals surface area contributed by atoms with Crippen LogP contribution in [0.25, 0.3) is 21.8 Å². The molecule has 0 spiro atoms. The number of nitrogens with zero attached hydrogens (tertiary/aromatic N) is 1. The molecule has 0 saturated carbocycles. The number of benzene rings is 2. The number of rotatable bonds is 7. The molecule has 1 heterocycles. The summed E-state index contributed by atoms with van der Waals surface area (Å²) < 4.78 is 2.47. The first-order valence-corrected chi connectivity index (χ1v) is 10.9. The van der Waals surface area contributed by atoms with Crippen molar-refractivity contribution in [1.82, 2.24) is 4.57 Å². The topological polar surface area (TPSA) is 4.93 Å². The van der Waals surface area contributed by atoms with Gasteiger partial charge < -0.3 is 4.57 Å². The SMILES string of the molecule is CCn1c2ccc(C(C)(CC)CC)cc2c2cc(C(C)(CC)CC)ccc21. The maximum atomic E-state index is 2.48. The predicted octanol–water partition coefficient (Wildman–Crippen LogP) is 7.97. The fourth-order valence-electron chi connectivity index (χ4n) is 4.51. The van der Waals surface area contributed by atoms with E-state index in [1.54, 1.807) is 0 Å². The molecule has 0 radical (unpaired) electrons. The van der Waals surface area contributed by atoms with Gasteiger partial charge in [0.05, 0.1) is 0 Å². The zero-order valence-corrected chi connectivity index (χ0v) is 18.4. The molecule has 0 amide bonds. The van der Waals surface area contributed by atoms with Gasteiger partial charge in [-0.15, -0.1) is 0 Å². The smallest absolute Gasteiger partial charge is 0.0491 e. The normalized spacial score (nSPS) is 13.0. The molecular weight excluding hydrogens is 326 g/mol. The molecule has 0 fully saturated rings. The molecule has 146 valence electrons. The summed E-state index contributed by atoms with van der Waals surface area (Å²) in [5, 5.41) is 2.85. The van der Waals surface area contributed by atoms with Crippen LogP contribution < -0.4 is 0 Å². The second-order valence-electron chi connectivity index (χ2n) is 8.74. The zero-order valence-electron chi connectivity index (χ0n) is 18.4. The summed E-state index contributed by atoms with van der Waals surface area (Å²) in [5.74, 6) is 0. The number of hydrogen-bond acceptors (Lipinski definition) is 0. The summed E-state index contributed by atoms with van der Waals surface area (Å²) in [7, 11) is 0. The summed E-state index contributed by atoms with van der Waals surface area (Å²) in [6.45, 7) is 17.3. The van der Waals surface area contributed by atoms with Crippen molar-refractivity contribution in [1.29, 1.82) is 0 Å². The molecule has 2 aromatic carbocycles. The molecule has 0 aliphatic carbocycles. The molecule has 1 aromatic heterocycles. The fourth-order valence-corrected chi connectivity index (χ4v) is 4.51. The lowest BCUT2D eigenvalue weighted by Gasteiger charge is -2.28. The minimum Gasteiger partial charge on any atom is -0.341 e. The maximum absolute atomic E-state index is 2.48. The average Bonchev–Trinajstić information content (AvgIpc) is 3.04. The molecule has 0 aliphatic rings. The van der Waals surface area contributed by atoms with Crippen LogP contribution in [0.2, 0.25) is 0 Å². The first kappa shape index (κ1) is 20.0. The highest BCUT2D eigenvalue weighted by atomic mass is 15.0. The van der Waals surface area contributed by atoms with Crippen LogP contribution in [0.4, 0.5) is 0 Å². The third-order valence-electron chi connectivity index (χ3n) is 7.70. The number of fused-ring (bicyclic) bond motifs is 3. The predicted molar refractivity (Wildman–Crippen MR) is 121 cm³/mol. The van der Waals surface area contributed by atoms with Crippen LogP contribution in [-0.2, 0) is 17.4 Å². The first-order chi connectivity index (χ1) is 12.9. The van der Waals surface area contributed by atoms with E-state index in [4.69, 9.17) is 0 Å². The van der Waals surface area contributed by atoms with Crippen LogP contribution in [0, 0.1) is 0 Å². The van der Waals surface area contributed by atoms with Gasteiger partial charge in [-0.1, -0.05) is 53.7 Å². The lowest BCUT2D eigenvalue weighted by Crippen LogP contribution is -2.19. The molecule has 3 aromatic rings. The summed E-state index contributed by atoms with van der Waals surface area (Å²) in [6, 6.07) is 14.4. The summed E-state index contributed by atoms with van der Waals surface area (Å²) >= 11 is 0.